The first kappa shape index (κ1) is 21.8. The van der Waals surface area contributed by atoms with E-state index in [9.17, 15) is 18.5 Å². The molecule has 0 rings (SSSR count). The van der Waals surface area contributed by atoms with E-state index >= 15 is 0 Å². The molecule has 0 bridgehead atoms. The molecule has 2 atom stereocenters. The van der Waals surface area contributed by atoms with Gasteiger partial charge >= 0.3 is 29.4 Å². The number of carbonyl (C=O) groups excluding carboxylic acids is 1. The van der Waals surface area contributed by atoms with Gasteiger partial charge in [-0.05, 0) is 19.4 Å². The number of phosphoric acid groups is 2. The summed E-state index contributed by atoms with van der Waals surface area (Å²) in [7, 11) is -15.8. The summed E-state index contributed by atoms with van der Waals surface area (Å²) in [5.74, 6) is -1.63. The van der Waals surface area contributed by atoms with Gasteiger partial charge in [0.25, 0.3) is 0 Å². The van der Waals surface area contributed by atoms with Crippen LogP contribution in [0.15, 0.2) is 0 Å². The molecule has 13 nitrogen and oxygen atoms in total. The second-order valence-electron chi connectivity index (χ2n) is 3.96. The molecule has 0 aliphatic rings. The van der Waals surface area contributed by atoms with Gasteiger partial charge in [0.1, 0.15) is 6.04 Å². The Bertz CT molecular complexity index is 512. The number of phosphoric ester groups is 1. The molecule has 22 heavy (non-hydrogen) atoms. The topological polar surface area (TPSA) is 226 Å². The van der Waals surface area contributed by atoms with Gasteiger partial charge in [0.05, 0.1) is 0 Å². The van der Waals surface area contributed by atoms with E-state index in [0.29, 0.717) is 6.42 Å². The number of hydrogen-bond acceptors (Lipinski definition) is 7. The van der Waals surface area contributed by atoms with E-state index in [0.717, 1.165) is 0 Å². The molecule has 8 N–H and O–H groups in total. The molecule has 0 amide bonds. The van der Waals surface area contributed by atoms with Gasteiger partial charge in [0.2, 0.25) is 0 Å². The van der Waals surface area contributed by atoms with Crippen LogP contribution in [-0.2, 0) is 27.3 Å². The molecule has 0 radical (unpaired) electrons. The Hall–Kier alpha value is -0.160. The van der Waals surface area contributed by atoms with Crippen LogP contribution in [-0.4, -0.2) is 43.0 Å². The predicted octanol–water partition coefficient (Wildman–Crippen LogP) is -1.08. The summed E-state index contributed by atoms with van der Waals surface area (Å²) in [5, 5.41) is 1.57. The molecule has 0 spiro atoms. The quantitative estimate of drug-likeness (QED) is 0.175. The minimum Gasteiger partial charge on any atom is -0.369 e. The average Bonchev–Trinajstić information content (AvgIpc) is 2.21. The first-order valence-corrected chi connectivity index (χ1v) is 10.3. The number of unbranched alkanes of at least 4 members (excludes halogenated alkanes) is 1. The Morgan fingerprint density at radius 2 is 1.64 bits per heavy atom. The molecule has 0 heterocycles. The Morgan fingerprint density at radius 1 is 1.09 bits per heavy atom. The summed E-state index contributed by atoms with van der Waals surface area (Å²) in [5.41, 5.74) is 5.21. The molecular weight excluding hydrogens is 369 g/mol. The van der Waals surface area contributed by atoms with E-state index in [4.69, 9.17) is 30.2 Å². The molecular formula is C6H17N2O11P3. The molecule has 0 saturated carbocycles. The van der Waals surface area contributed by atoms with Crippen LogP contribution in [0, 0.1) is 0 Å². The van der Waals surface area contributed by atoms with Crippen LogP contribution >= 0.6 is 23.4 Å². The van der Waals surface area contributed by atoms with E-state index in [1.54, 1.807) is 5.09 Å². The van der Waals surface area contributed by atoms with Crippen LogP contribution in [0.2, 0.25) is 0 Å². The van der Waals surface area contributed by atoms with Gasteiger partial charge in [-0.3, -0.25) is 4.89 Å². The Kier molecular flexibility index (Phi) is 8.56. The SMILES string of the molecule is NCCCC[C@H](NP(=O)(O)O)C(=O)OP(=O)(O)OP(=O)(O)O. The third-order valence-corrected chi connectivity index (χ3v) is 4.71. The van der Waals surface area contributed by atoms with Gasteiger partial charge in [-0.25, -0.2) is 23.6 Å². The molecule has 0 saturated heterocycles. The monoisotopic (exact) mass is 386 g/mol. The number of carbonyl (C=O) groups is 1. The summed E-state index contributed by atoms with van der Waals surface area (Å²) in [6, 6.07) is -1.70. The summed E-state index contributed by atoms with van der Waals surface area (Å²) in [6.07, 6.45) is 0.401. The van der Waals surface area contributed by atoms with Gasteiger partial charge in [-0.2, -0.15) is 4.31 Å². The molecule has 0 aromatic heterocycles. The van der Waals surface area contributed by atoms with Gasteiger partial charge in [-0.1, -0.05) is 6.42 Å². The van der Waals surface area contributed by atoms with Gasteiger partial charge in [-0.15, -0.1) is 0 Å². The highest BCUT2D eigenvalue weighted by Crippen LogP contribution is 2.57. The van der Waals surface area contributed by atoms with Crippen molar-refractivity contribution in [1.82, 2.24) is 5.09 Å². The van der Waals surface area contributed by atoms with Crippen LogP contribution < -0.4 is 10.8 Å². The van der Waals surface area contributed by atoms with E-state index in [1.807, 2.05) is 0 Å². The van der Waals surface area contributed by atoms with E-state index in [2.05, 4.69) is 8.83 Å². The van der Waals surface area contributed by atoms with Crippen molar-refractivity contribution < 1.29 is 51.8 Å². The Morgan fingerprint density at radius 3 is 2.05 bits per heavy atom. The highest BCUT2D eigenvalue weighted by molar-refractivity contribution is 7.61. The first-order valence-electron chi connectivity index (χ1n) is 5.62. The van der Waals surface area contributed by atoms with Crippen molar-refractivity contribution in [2.24, 2.45) is 5.73 Å². The van der Waals surface area contributed by atoms with Crippen LogP contribution in [0.5, 0.6) is 0 Å². The van der Waals surface area contributed by atoms with Gasteiger partial charge in [0.15, 0.2) is 0 Å². The Labute approximate surface area is 124 Å². The minimum absolute atomic E-state index is 0.211. The van der Waals surface area contributed by atoms with Crippen molar-refractivity contribution in [1.29, 1.82) is 0 Å². The summed E-state index contributed by atoms with van der Waals surface area (Å²) in [6.45, 7) is 0.234. The smallest absolute Gasteiger partial charge is 0.369 e. The zero-order valence-corrected chi connectivity index (χ0v) is 13.7. The number of rotatable bonds is 10. The highest BCUT2D eigenvalue weighted by atomic mass is 31.3. The summed E-state index contributed by atoms with van der Waals surface area (Å²) in [4.78, 5) is 54.9. The second-order valence-corrected chi connectivity index (χ2v) is 8.06. The summed E-state index contributed by atoms with van der Waals surface area (Å²) < 4.78 is 39.7. The number of nitrogens with one attached hydrogen (secondary N) is 1. The van der Waals surface area contributed by atoms with Crippen molar-refractivity contribution in [2.45, 2.75) is 25.3 Å². The van der Waals surface area contributed by atoms with Gasteiger partial charge < -0.3 is 29.8 Å². The fourth-order valence-electron chi connectivity index (χ4n) is 1.26. The van der Waals surface area contributed by atoms with Crippen LogP contribution in [0.25, 0.3) is 0 Å². The van der Waals surface area contributed by atoms with Crippen LogP contribution in [0.1, 0.15) is 19.3 Å². The zero-order valence-electron chi connectivity index (χ0n) is 11.0. The van der Waals surface area contributed by atoms with Crippen molar-refractivity contribution in [3.63, 3.8) is 0 Å². The average molecular weight is 386 g/mol. The lowest BCUT2D eigenvalue weighted by Gasteiger charge is -2.19. The van der Waals surface area contributed by atoms with E-state index in [1.165, 1.54) is 0 Å². The van der Waals surface area contributed by atoms with Crippen molar-refractivity contribution in [3.8, 4) is 0 Å². The maximum absolute atomic E-state index is 11.6. The lowest BCUT2D eigenvalue weighted by Crippen LogP contribution is -2.35. The zero-order chi connectivity index (χ0) is 17.6. The number of nitrogens with two attached hydrogens (primary N) is 1. The van der Waals surface area contributed by atoms with Gasteiger partial charge in [0, 0.05) is 0 Å². The Balaban J connectivity index is 4.91. The molecule has 0 aliphatic carbocycles. The van der Waals surface area contributed by atoms with Crippen molar-refractivity contribution >= 4 is 29.4 Å². The minimum atomic E-state index is -5.46. The summed E-state index contributed by atoms with van der Waals surface area (Å²) >= 11 is 0. The fraction of sp³-hybridized carbons (Fsp3) is 0.833. The molecule has 0 aromatic carbocycles. The number of hydrogen-bond donors (Lipinski definition) is 7. The molecule has 132 valence electrons. The van der Waals surface area contributed by atoms with Crippen molar-refractivity contribution in [2.75, 3.05) is 6.54 Å². The fourth-order valence-corrected chi connectivity index (χ4v) is 3.46. The third-order valence-electron chi connectivity index (χ3n) is 1.97. The van der Waals surface area contributed by atoms with E-state index < -0.39 is 35.4 Å². The third kappa shape index (κ3) is 11.4. The highest BCUT2D eigenvalue weighted by Gasteiger charge is 2.38. The molecule has 1 unspecified atom stereocenters. The van der Waals surface area contributed by atoms with Crippen LogP contribution in [0.3, 0.4) is 0 Å². The van der Waals surface area contributed by atoms with E-state index in [-0.39, 0.29) is 19.4 Å². The standard InChI is InChI=1S/C6H17N2O11P3/c7-4-2-1-3-5(8-20(10,11)12)6(9)18-22(16,17)19-21(13,14)15/h5H,1-4,7H2,(H,16,17)(H2,13,14,15)(H3,8,10,11,12)/t5-/m0/s1. The largest absolute Gasteiger partial charge is 0.538 e. The maximum atomic E-state index is 11.6. The normalized spacial score (nSPS) is 16.8. The molecule has 0 fully saturated rings. The molecule has 0 aliphatic heterocycles. The lowest BCUT2D eigenvalue weighted by molar-refractivity contribution is -0.137. The second kappa shape index (κ2) is 8.62. The molecule has 0 aromatic rings. The van der Waals surface area contributed by atoms with Crippen molar-refractivity contribution in [3.05, 3.63) is 0 Å². The first-order chi connectivity index (χ1) is 9.76. The maximum Gasteiger partial charge on any atom is 0.538 e. The van der Waals surface area contributed by atoms with Crippen LogP contribution in [0.4, 0.5) is 0 Å². The predicted molar refractivity (Wildman–Crippen MR) is 70.9 cm³/mol. The molecule has 16 heteroatoms. The lowest BCUT2D eigenvalue weighted by atomic mass is 10.1.